The lowest BCUT2D eigenvalue weighted by atomic mass is 10.2. The molecule has 0 aromatic carbocycles. The van der Waals surface area contributed by atoms with E-state index < -0.39 is 0 Å². The van der Waals surface area contributed by atoms with Crippen LogP contribution in [0.3, 0.4) is 0 Å². The van der Waals surface area contributed by atoms with Gasteiger partial charge in [-0.25, -0.2) is 4.98 Å². The Morgan fingerprint density at radius 1 is 1.35 bits per heavy atom. The Labute approximate surface area is 124 Å². The molecule has 20 heavy (non-hydrogen) atoms. The fraction of sp³-hybridized carbons (Fsp3) is 0.467. The summed E-state index contributed by atoms with van der Waals surface area (Å²) in [4.78, 5) is 11.4. The van der Waals surface area contributed by atoms with E-state index in [-0.39, 0.29) is 0 Å². The van der Waals surface area contributed by atoms with Crippen LogP contribution >= 0.6 is 11.3 Å². The first-order chi connectivity index (χ1) is 9.74. The second-order valence-electron chi connectivity index (χ2n) is 4.67. The molecule has 0 saturated carbocycles. The number of nitrogens with one attached hydrogen (secondary N) is 1. The highest BCUT2D eigenvalue weighted by Gasteiger charge is 2.13. The van der Waals surface area contributed by atoms with Crippen molar-refractivity contribution in [2.45, 2.75) is 33.4 Å². The molecule has 2 heterocycles. The lowest BCUT2D eigenvalue weighted by molar-refractivity contribution is 0.585. The number of thiazole rings is 1. The van der Waals surface area contributed by atoms with E-state index in [1.165, 1.54) is 0 Å². The Bertz CT molecular complexity index is 512. The van der Waals surface area contributed by atoms with Crippen molar-refractivity contribution in [2.75, 3.05) is 18.0 Å². The van der Waals surface area contributed by atoms with Gasteiger partial charge < -0.3 is 10.2 Å². The van der Waals surface area contributed by atoms with Gasteiger partial charge in [0.15, 0.2) is 5.13 Å². The highest BCUT2D eigenvalue weighted by atomic mass is 32.1. The topological polar surface area (TPSA) is 41.0 Å². The first-order valence-electron chi connectivity index (χ1n) is 7.08. The largest absolute Gasteiger partial charge is 0.342 e. The van der Waals surface area contributed by atoms with Crippen LogP contribution in [0, 0.1) is 0 Å². The molecule has 5 heteroatoms. The van der Waals surface area contributed by atoms with Crippen molar-refractivity contribution in [1.29, 1.82) is 0 Å². The van der Waals surface area contributed by atoms with Gasteiger partial charge in [-0.2, -0.15) is 0 Å². The molecule has 0 bridgehead atoms. The smallest absolute Gasteiger partial charge is 0.185 e. The predicted molar refractivity (Wildman–Crippen MR) is 85.2 cm³/mol. The molecule has 1 unspecified atom stereocenters. The van der Waals surface area contributed by atoms with E-state index in [1.807, 2.05) is 18.3 Å². The van der Waals surface area contributed by atoms with Gasteiger partial charge in [0, 0.05) is 24.2 Å². The molecule has 0 amide bonds. The summed E-state index contributed by atoms with van der Waals surface area (Å²) in [6, 6.07) is 6.33. The minimum absolute atomic E-state index is 0.304. The van der Waals surface area contributed by atoms with Crippen LogP contribution in [0.4, 0.5) is 5.13 Å². The van der Waals surface area contributed by atoms with Crippen molar-refractivity contribution in [3.8, 4) is 0 Å². The van der Waals surface area contributed by atoms with E-state index >= 15 is 0 Å². The zero-order valence-corrected chi connectivity index (χ0v) is 13.2. The summed E-state index contributed by atoms with van der Waals surface area (Å²) in [7, 11) is 0. The van der Waals surface area contributed by atoms with Crippen molar-refractivity contribution >= 4 is 16.5 Å². The number of hydrogen-bond acceptors (Lipinski definition) is 5. The molecule has 0 aliphatic heterocycles. The average Bonchev–Trinajstić information content (AvgIpc) is 2.96. The van der Waals surface area contributed by atoms with Crippen LogP contribution in [-0.4, -0.2) is 23.1 Å². The third-order valence-electron chi connectivity index (χ3n) is 3.20. The average molecular weight is 290 g/mol. The summed E-state index contributed by atoms with van der Waals surface area (Å²) in [6.07, 6.45) is 1.84. The van der Waals surface area contributed by atoms with Crippen LogP contribution in [-0.2, 0) is 6.54 Å². The molecular weight excluding hydrogens is 268 g/mol. The normalized spacial score (nSPS) is 12.3. The zero-order valence-electron chi connectivity index (χ0n) is 12.3. The summed E-state index contributed by atoms with van der Waals surface area (Å²) in [5.74, 6) is 0. The first-order valence-corrected chi connectivity index (χ1v) is 7.96. The van der Waals surface area contributed by atoms with E-state index in [0.29, 0.717) is 6.04 Å². The molecule has 0 radical (unpaired) electrons. The van der Waals surface area contributed by atoms with E-state index in [4.69, 9.17) is 4.98 Å². The number of nitrogens with zero attached hydrogens (tertiary/aromatic N) is 3. The summed E-state index contributed by atoms with van der Waals surface area (Å²) in [5, 5.41) is 6.61. The third kappa shape index (κ3) is 3.77. The lowest BCUT2D eigenvalue weighted by Crippen LogP contribution is -2.23. The Balaban J connectivity index is 2.08. The van der Waals surface area contributed by atoms with Crippen LogP contribution in [0.2, 0.25) is 0 Å². The Kier molecular flexibility index (Phi) is 5.49. The predicted octanol–water partition coefficient (Wildman–Crippen LogP) is 3.24. The van der Waals surface area contributed by atoms with Gasteiger partial charge in [-0.1, -0.05) is 13.0 Å². The van der Waals surface area contributed by atoms with Gasteiger partial charge in [0.25, 0.3) is 0 Å². The molecule has 1 atom stereocenters. The van der Waals surface area contributed by atoms with Crippen molar-refractivity contribution in [1.82, 2.24) is 15.3 Å². The molecule has 2 aromatic rings. The minimum Gasteiger partial charge on any atom is -0.342 e. The Morgan fingerprint density at radius 3 is 2.85 bits per heavy atom. The number of aromatic nitrogens is 2. The molecule has 0 saturated heterocycles. The fourth-order valence-electron chi connectivity index (χ4n) is 2.03. The molecule has 2 aromatic heterocycles. The standard InChI is InChI=1S/C15H22N4S/c1-4-16-12(3)14-11-20-15(18-14)19(5-2)10-13-8-6-7-9-17-13/h6-9,11-12,16H,4-5,10H2,1-3H3. The monoisotopic (exact) mass is 290 g/mol. The van der Waals surface area contributed by atoms with Crippen molar-refractivity contribution in [3.05, 3.63) is 41.2 Å². The molecular formula is C15H22N4S. The number of pyridine rings is 1. The van der Waals surface area contributed by atoms with Gasteiger partial charge in [-0.15, -0.1) is 11.3 Å². The molecule has 0 aliphatic carbocycles. The maximum Gasteiger partial charge on any atom is 0.185 e. The fourth-order valence-corrected chi connectivity index (χ4v) is 3.02. The molecule has 0 spiro atoms. The van der Waals surface area contributed by atoms with Crippen LogP contribution in [0.5, 0.6) is 0 Å². The second-order valence-corrected chi connectivity index (χ2v) is 5.51. The summed E-state index contributed by atoms with van der Waals surface area (Å²) < 4.78 is 0. The molecule has 4 nitrogen and oxygen atoms in total. The molecule has 108 valence electrons. The van der Waals surface area contributed by atoms with Crippen LogP contribution < -0.4 is 10.2 Å². The van der Waals surface area contributed by atoms with Crippen molar-refractivity contribution < 1.29 is 0 Å². The minimum atomic E-state index is 0.304. The highest BCUT2D eigenvalue weighted by Crippen LogP contribution is 2.25. The van der Waals surface area contributed by atoms with Crippen molar-refractivity contribution in [2.24, 2.45) is 0 Å². The van der Waals surface area contributed by atoms with Gasteiger partial charge in [0.05, 0.1) is 17.9 Å². The molecule has 2 rings (SSSR count). The number of anilines is 1. The first kappa shape index (κ1) is 14.9. The van der Waals surface area contributed by atoms with E-state index in [9.17, 15) is 0 Å². The number of rotatable bonds is 7. The maximum absolute atomic E-state index is 4.75. The Morgan fingerprint density at radius 2 is 2.20 bits per heavy atom. The molecule has 1 N–H and O–H groups in total. The highest BCUT2D eigenvalue weighted by molar-refractivity contribution is 7.13. The van der Waals surface area contributed by atoms with Gasteiger partial charge in [0.2, 0.25) is 0 Å². The summed E-state index contributed by atoms with van der Waals surface area (Å²) in [5.41, 5.74) is 2.19. The van der Waals surface area contributed by atoms with E-state index in [0.717, 1.165) is 36.2 Å². The van der Waals surface area contributed by atoms with Gasteiger partial charge in [-0.3, -0.25) is 4.98 Å². The van der Waals surface area contributed by atoms with Gasteiger partial charge in [0.1, 0.15) is 0 Å². The quantitative estimate of drug-likeness (QED) is 0.850. The molecule has 0 fully saturated rings. The zero-order chi connectivity index (χ0) is 14.4. The van der Waals surface area contributed by atoms with Crippen molar-refractivity contribution in [3.63, 3.8) is 0 Å². The van der Waals surface area contributed by atoms with E-state index in [1.54, 1.807) is 11.3 Å². The molecule has 0 aliphatic rings. The third-order valence-corrected chi connectivity index (χ3v) is 4.11. The maximum atomic E-state index is 4.75. The van der Waals surface area contributed by atoms with Crippen LogP contribution in [0.15, 0.2) is 29.8 Å². The van der Waals surface area contributed by atoms with Crippen LogP contribution in [0.25, 0.3) is 0 Å². The van der Waals surface area contributed by atoms with Gasteiger partial charge >= 0.3 is 0 Å². The SMILES string of the molecule is CCNC(C)c1csc(N(CC)Cc2ccccn2)n1. The second kappa shape index (κ2) is 7.36. The van der Waals surface area contributed by atoms with E-state index in [2.05, 4.69) is 47.4 Å². The number of hydrogen-bond donors (Lipinski definition) is 1. The lowest BCUT2D eigenvalue weighted by Gasteiger charge is -2.19. The Hall–Kier alpha value is -1.46. The summed E-state index contributed by atoms with van der Waals surface area (Å²) >= 11 is 1.70. The summed E-state index contributed by atoms with van der Waals surface area (Å²) in [6.45, 7) is 9.11. The van der Waals surface area contributed by atoms with Crippen LogP contribution in [0.1, 0.15) is 38.2 Å². The van der Waals surface area contributed by atoms with Gasteiger partial charge in [-0.05, 0) is 32.5 Å².